The molecule has 0 bridgehead atoms. The van der Waals surface area contributed by atoms with Crippen LogP contribution in [0.5, 0.6) is 5.75 Å². The van der Waals surface area contributed by atoms with Crippen molar-refractivity contribution in [2.24, 2.45) is 10.2 Å². The van der Waals surface area contributed by atoms with Crippen LogP contribution in [-0.2, 0) is 0 Å². The number of hydrazone groups is 2. The average Bonchev–Trinajstić information content (AvgIpc) is 3.47. The molecule has 8 nitrogen and oxygen atoms in total. The Morgan fingerprint density at radius 2 is 1.23 bits per heavy atom. The smallest absolute Gasteiger partial charge is 0.231 e. The SMILES string of the molecule is COc1ccccc1Nc1nc(NN=C2CC(C)c3ccccc32)cc(NN=C2CC(C)c3ccccc32)n1. The van der Waals surface area contributed by atoms with E-state index in [1.54, 1.807) is 7.11 Å². The summed E-state index contributed by atoms with van der Waals surface area (Å²) in [6.07, 6.45) is 1.75. The molecule has 0 saturated heterocycles. The summed E-state index contributed by atoms with van der Waals surface area (Å²) in [6, 6.07) is 26.3. The summed E-state index contributed by atoms with van der Waals surface area (Å²) in [4.78, 5) is 9.37. The molecule has 2 aliphatic rings. The lowest BCUT2D eigenvalue weighted by atomic mass is 10.0. The van der Waals surface area contributed by atoms with Crippen LogP contribution in [0.15, 0.2) is 89.1 Å². The van der Waals surface area contributed by atoms with Crippen LogP contribution < -0.4 is 20.9 Å². The second kappa shape index (κ2) is 10.6. The van der Waals surface area contributed by atoms with E-state index in [1.807, 2.05) is 30.3 Å². The molecule has 1 aromatic heterocycles. The van der Waals surface area contributed by atoms with Crippen LogP contribution in [-0.4, -0.2) is 28.5 Å². The predicted molar refractivity (Wildman–Crippen MR) is 158 cm³/mol. The van der Waals surface area contributed by atoms with Crippen molar-refractivity contribution in [2.45, 2.75) is 38.5 Å². The lowest BCUT2D eigenvalue weighted by Gasteiger charge is -2.12. The maximum absolute atomic E-state index is 5.50. The summed E-state index contributed by atoms with van der Waals surface area (Å²) >= 11 is 0. The number of methoxy groups -OCH3 is 1. The van der Waals surface area contributed by atoms with Gasteiger partial charge in [-0.05, 0) is 47.9 Å². The third-order valence-corrected chi connectivity index (χ3v) is 7.29. The Morgan fingerprint density at radius 3 is 1.79 bits per heavy atom. The summed E-state index contributed by atoms with van der Waals surface area (Å²) in [7, 11) is 1.64. The molecule has 2 unspecified atom stereocenters. The van der Waals surface area contributed by atoms with Gasteiger partial charge >= 0.3 is 0 Å². The van der Waals surface area contributed by atoms with Gasteiger partial charge in [-0.3, -0.25) is 10.9 Å². The van der Waals surface area contributed by atoms with Crippen LogP contribution in [0.4, 0.5) is 23.3 Å². The topological polar surface area (TPSA) is 95.8 Å². The Kier molecular flexibility index (Phi) is 6.67. The molecule has 3 N–H and O–H groups in total. The molecule has 8 heteroatoms. The molecule has 0 amide bonds. The summed E-state index contributed by atoms with van der Waals surface area (Å²) in [5, 5.41) is 12.8. The summed E-state index contributed by atoms with van der Waals surface area (Å²) in [5.74, 6) is 3.05. The van der Waals surface area contributed by atoms with Crippen molar-refractivity contribution in [3.8, 4) is 5.75 Å². The standard InChI is InChI=1S/C31H31N7O/c1-19-16-26(23-12-6-4-10-21(19)23)35-37-29-18-30(34-31(33-29)32-25-14-8-9-15-28(25)39-3)38-36-27-17-20(2)22-11-5-7-13-24(22)27/h4-15,18-20H,16-17H2,1-3H3,(H3,32,33,34,37,38). The summed E-state index contributed by atoms with van der Waals surface area (Å²) in [6.45, 7) is 4.45. The molecule has 39 heavy (non-hydrogen) atoms. The number of benzene rings is 3. The van der Waals surface area contributed by atoms with Crippen molar-refractivity contribution < 1.29 is 4.74 Å². The minimum atomic E-state index is 0.396. The lowest BCUT2D eigenvalue weighted by molar-refractivity contribution is 0.417. The number of nitrogens with one attached hydrogen (secondary N) is 3. The third-order valence-electron chi connectivity index (χ3n) is 7.29. The molecule has 2 aliphatic carbocycles. The molecule has 6 rings (SSSR count). The van der Waals surface area contributed by atoms with Gasteiger partial charge in [0.15, 0.2) is 11.6 Å². The summed E-state index contributed by atoms with van der Waals surface area (Å²) in [5.41, 5.74) is 14.1. The molecule has 0 spiro atoms. The van der Waals surface area contributed by atoms with E-state index in [0.29, 0.717) is 35.2 Å². The van der Waals surface area contributed by atoms with E-state index >= 15 is 0 Å². The molecule has 0 radical (unpaired) electrons. The first kappa shape index (κ1) is 24.6. The van der Waals surface area contributed by atoms with E-state index in [2.05, 4.69) is 88.5 Å². The van der Waals surface area contributed by atoms with Crippen molar-refractivity contribution in [1.29, 1.82) is 0 Å². The van der Waals surface area contributed by atoms with Gasteiger partial charge in [-0.1, -0.05) is 74.5 Å². The van der Waals surface area contributed by atoms with Crippen molar-refractivity contribution in [3.05, 3.63) is 101 Å². The fourth-order valence-electron chi connectivity index (χ4n) is 5.35. The van der Waals surface area contributed by atoms with Crippen LogP contribution in [0.25, 0.3) is 0 Å². The molecule has 0 fully saturated rings. The molecular weight excluding hydrogens is 486 g/mol. The third kappa shape index (κ3) is 5.05. The van der Waals surface area contributed by atoms with Gasteiger partial charge in [0.05, 0.1) is 24.2 Å². The van der Waals surface area contributed by atoms with Gasteiger partial charge < -0.3 is 10.1 Å². The number of hydrogen-bond donors (Lipinski definition) is 3. The maximum atomic E-state index is 5.50. The number of hydrogen-bond acceptors (Lipinski definition) is 8. The molecule has 4 aromatic rings. The Bertz CT molecular complexity index is 1490. The van der Waals surface area contributed by atoms with Gasteiger partial charge in [-0.25, -0.2) is 0 Å². The van der Waals surface area contributed by atoms with Crippen LogP contribution in [0.2, 0.25) is 0 Å². The number of nitrogens with zero attached hydrogens (tertiary/aromatic N) is 4. The van der Waals surface area contributed by atoms with Gasteiger partial charge in [0.2, 0.25) is 5.95 Å². The molecule has 0 saturated carbocycles. The highest BCUT2D eigenvalue weighted by molar-refractivity contribution is 6.06. The zero-order valence-corrected chi connectivity index (χ0v) is 22.3. The molecule has 196 valence electrons. The Hall–Kier alpha value is -4.72. The first-order chi connectivity index (χ1) is 19.1. The van der Waals surface area contributed by atoms with Crippen LogP contribution in [0.3, 0.4) is 0 Å². The minimum Gasteiger partial charge on any atom is -0.495 e. The highest BCUT2D eigenvalue weighted by atomic mass is 16.5. The van der Waals surface area contributed by atoms with Crippen LogP contribution in [0, 0.1) is 0 Å². The van der Waals surface area contributed by atoms with Gasteiger partial charge in [0.1, 0.15) is 5.75 Å². The fourth-order valence-corrected chi connectivity index (χ4v) is 5.35. The molecule has 3 aromatic carbocycles. The van der Waals surface area contributed by atoms with Gasteiger partial charge in [-0.2, -0.15) is 20.2 Å². The van der Waals surface area contributed by atoms with E-state index in [9.17, 15) is 0 Å². The highest BCUT2D eigenvalue weighted by Crippen LogP contribution is 2.34. The van der Waals surface area contributed by atoms with E-state index in [0.717, 1.165) is 30.0 Å². The van der Waals surface area contributed by atoms with E-state index < -0.39 is 0 Å². The number of rotatable bonds is 7. The summed E-state index contributed by atoms with van der Waals surface area (Å²) < 4.78 is 5.50. The Morgan fingerprint density at radius 1 is 0.718 bits per heavy atom. The first-order valence-corrected chi connectivity index (χ1v) is 13.2. The van der Waals surface area contributed by atoms with E-state index in [4.69, 9.17) is 14.9 Å². The molecule has 0 aliphatic heterocycles. The first-order valence-electron chi connectivity index (χ1n) is 13.2. The van der Waals surface area contributed by atoms with Gasteiger partial charge in [-0.15, -0.1) is 0 Å². The highest BCUT2D eigenvalue weighted by Gasteiger charge is 2.25. The van der Waals surface area contributed by atoms with Crippen molar-refractivity contribution in [3.63, 3.8) is 0 Å². The fraction of sp³-hybridized carbons (Fsp3) is 0.226. The maximum Gasteiger partial charge on any atom is 0.231 e. The normalized spacial score (nSPS) is 19.6. The van der Waals surface area contributed by atoms with Crippen LogP contribution in [0.1, 0.15) is 60.8 Å². The second-order valence-electron chi connectivity index (χ2n) is 10.0. The number of para-hydroxylation sites is 2. The van der Waals surface area contributed by atoms with Gasteiger partial charge in [0.25, 0.3) is 0 Å². The zero-order valence-electron chi connectivity index (χ0n) is 22.3. The number of anilines is 4. The van der Waals surface area contributed by atoms with Crippen molar-refractivity contribution >= 4 is 34.7 Å². The van der Waals surface area contributed by atoms with E-state index in [1.165, 1.54) is 22.3 Å². The molecule has 2 atom stereocenters. The zero-order chi connectivity index (χ0) is 26.8. The Balaban J connectivity index is 1.31. The number of ether oxygens (including phenoxy) is 1. The molecule has 1 heterocycles. The quantitative estimate of drug-likeness (QED) is 0.231. The second-order valence-corrected chi connectivity index (χ2v) is 10.0. The van der Waals surface area contributed by atoms with Crippen molar-refractivity contribution in [1.82, 2.24) is 9.97 Å². The average molecular weight is 518 g/mol. The van der Waals surface area contributed by atoms with Crippen molar-refractivity contribution in [2.75, 3.05) is 23.3 Å². The monoisotopic (exact) mass is 517 g/mol. The van der Waals surface area contributed by atoms with Gasteiger partial charge in [0, 0.05) is 17.2 Å². The number of aromatic nitrogens is 2. The lowest BCUT2D eigenvalue weighted by Crippen LogP contribution is -2.07. The number of fused-ring (bicyclic) bond motifs is 2. The van der Waals surface area contributed by atoms with E-state index in [-0.39, 0.29) is 0 Å². The van der Waals surface area contributed by atoms with Crippen LogP contribution >= 0.6 is 0 Å². The molecular formula is C31H31N7O. The predicted octanol–water partition coefficient (Wildman–Crippen LogP) is 6.88. The largest absolute Gasteiger partial charge is 0.495 e. The minimum absolute atomic E-state index is 0.396. The Labute approximate surface area is 228 Å².